The summed E-state index contributed by atoms with van der Waals surface area (Å²) in [5.41, 5.74) is 5.29. The highest BCUT2D eigenvalue weighted by molar-refractivity contribution is 5.92. The second-order valence-electron chi connectivity index (χ2n) is 4.56. The summed E-state index contributed by atoms with van der Waals surface area (Å²) in [6.07, 6.45) is 0.883. The monoisotopic (exact) mass is 289 g/mol. The number of nitrogens with two attached hydrogens (primary N) is 1. The predicted octanol–water partition coefficient (Wildman–Crippen LogP) is -3.14. The van der Waals surface area contributed by atoms with E-state index in [4.69, 9.17) is 15.9 Å². The fourth-order valence-corrected chi connectivity index (χ4v) is 2.03. The first-order valence-electron chi connectivity index (χ1n) is 6.23. The lowest BCUT2D eigenvalue weighted by atomic mass is 10.2. The fraction of sp³-hybridized carbons (Fsp3) is 0.727. The number of hydrogen-bond acceptors (Lipinski definition) is 6. The van der Waals surface area contributed by atoms with E-state index in [1.807, 2.05) is 0 Å². The zero-order chi connectivity index (χ0) is 15.3. The summed E-state index contributed by atoms with van der Waals surface area (Å²) >= 11 is 0. The first kappa shape index (κ1) is 16.3. The summed E-state index contributed by atoms with van der Waals surface area (Å²) in [5, 5.41) is 29.1. The summed E-state index contributed by atoms with van der Waals surface area (Å²) in [6.45, 7) is -1.01. The van der Waals surface area contributed by atoms with Gasteiger partial charge in [-0.3, -0.25) is 9.59 Å². The van der Waals surface area contributed by atoms with E-state index in [1.165, 1.54) is 0 Å². The summed E-state index contributed by atoms with van der Waals surface area (Å²) in [4.78, 5) is 35.7. The molecule has 114 valence electrons. The molecule has 0 bridgehead atoms. The van der Waals surface area contributed by atoms with Crippen LogP contribution in [0.1, 0.15) is 12.8 Å². The normalized spacial score (nSPS) is 21.4. The van der Waals surface area contributed by atoms with E-state index < -0.39 is 49.1 Å². The van der Waals surface area contributed by atoms with Crippen LogP contribution >= 0.6 is 0 Å². The van der Waals surface area contributed by atoms with Gasteiger partial charge in [-0.1, -0.05) is 0 Å². The lowest BCUT2D eigenvalue weighted by molar-refractivity contribution is -0.149. The summed E-state index contributed by atoms with van der Waals surface area (Å²) in [7, 11) is 0. The van der Waals surface area contributed by atoms with Crippen LogP contribution in [-0.2, 0) is 14.4 Å². The SMILES string of the molecule is N[C@@H](CO)C(=O)N[C@@H](CO)C(=O)N1CCC[C@H]1C(=O)O. The molecule has 0 aromatic rings. The van der Waals surface area contributed by atoms with Gasteiger partial charge in [0.2, 0.25) is 11.8 Å². The summed E-state index contributed by atoms with van der Waals surface area (Å²) in [5.74, 6) is -2.58. The average Bonchev–Trinajstić information content (AvgIpc) is 2.92. The maximum Gasteiger partial charge on any atom is 0.326 e. The molecule has 9 nitrogen and oxygen atoms in total. The maximum atomic E-state index is 12.1. The molecule has 0 spiro atoms. The molecule has 0 saturated carbocycles. The lowest BCUT2D eigenvalue weighted by Gasteiger charge is -2.26. The zero-order valence-electron chi connectivity index (χ0n) is 10.9. The van der Waals surface area contributed by atoms with Crippen molar-refractivity contribution in [2.45, 2.75) is 31.0 Å². The van der Waals surface area contributed by atoms with Crippen molar-refractivity contribution < 1.29 is 29.7 Å². The van der Waals surface area contributed by atoms with Gasteiger partial charge in [0.1, 0.15) is 18.1 Å². The molecule has 1 rings (SSSR count). The molecule has 1 saturated heterocycles. The Morgan fingerprint density at radius 3 is 2.45 bits per heavy atom. The van der Waals surface area contributed by atoms with Crippen LogP contribution in [0.5, 0.6) is 0 Å². The van der Waals surface area contributed by atoms with Gasteiger partial charge in [-0.2, -0.15) is 0 Å². The van der Waals surface area contributed by atoms with Gasteiger partial charge in [-0.15, -0.1) is 0 Å². The van der Waals surface area contributed by atoms with Crippen molar-refractivity contribution in [2.24, 2.45) is 5.73 Å². The van der Waals surface area contributed by atoms with Gasteiger partial charge in [0.15, 0.2) is 0 Å². The zero-order valence-corrected chi connectivity index (χ0v) is 10.9. The number of amides is 2. The smallest absolute Gasteiger partial charge is 0.326 e. The third kappa shape index (κ3) is 3.65. The van der Waals surface area contributed by atoms with Crippen LogP contribution in [0.15, 0.2) is 0 Å². The molecule has 20 heavy (non-hydrogen) atoms. The molecule has 9 heteroatoms. The fourth-order valence-electron chi connectivity index (χ4n) is 2.03. The minimum Gasteiger partial charge on any atom is -0.480 e. The van der Waals surface area contributed by atoms with E-state index >= 15 is 0 Å². The highest BCUT2D eigenvalue weighted by atomic mass is 16.4. The third-order valence-corrected chi connectivity index (χ3v) is 3.15. The number of likely N-dealkylation sites (tertiary alicyclic amines) is 1. The molecule has 1 aliphatic heterocycles. The lowest BCUT2D eigenvalue weighted by Crippen LogP contribution is -2.56. The van der Waals surface area contributed by atoms with Gasteiger partial charge in [0, 0.05) is 6.54 Å². The van der Waals surface area contributed by atoms with Crippen molar-refractivity contribution in [3.05, 3.63) is 0 Å². The van der Waals surface area contributed by atoms with Crippen LogP contribution in [0.25, 0.3) is 0 Å². The van der Waals surface area contributed by atoms with E-state index in [-0.39, 0.29) is 6.54 Å². The Bertz CT molecular complexity index is 388. The number of carboxylic acid groups (broad SMARTS) is 1. The molecular weight excluding hydrogens is 270 g/mol. The number of carbonyl (C=O) groups is 3. The second kappa shape index (κ2) is 7.17. The van der Waals surface area contributed by atoms with Crippen molar-refractivity contribution in [3.8, 4) is 0 Å². The number of nitrogens with one attached hydrogen (secondary N) is 1. The minimum atomic E-state index is -1.26. The molecule has 0 aromatic heterocycles. The molecule has 0 aromatic carbocycles. The average molecular weight is 289 g/mol. The summed E-state index contributed by atoms with van der Waals surface area (Å²) in [6, 6.07) is -3.41. The molecule has 6 N–H and O–H groups in total. The molecule has 3 atom stereocenters. The summed E-state index contributed by atoms with van der Waals surface area (Å²) < 4.78 is 0. The largest absolute Gasteiger partial charge is 0.480 e. The number of aliphatic hydroxyl groups is 2. The number of carboxylic acids is 1. The third-order valence-electron chi connectivity index (χ3n) is 3.15. The highest BCUT2D eigenvalue weighted by Crippen LogP contribution is 2.18. The van der Waals surface area contributed by atoms with Crippen LogP contribution in [0, 0.1) is 0 Å². The van der Waals surface area contributed by atoms with E-state index in [0.717, 1.165) is 4.90 Å². The number of hydrogen-bond donors (Lipinski definition) is 5. The maximum absolute atomic E-state index is 12.1. The Morgan fingerprint density at radius 2 is 1.95 bits per heavy atom. The predicted molar refractivity (Wildman–Crippen MR) is 66.4 cm³/mol. The number of nitrogens with zero attached hydrogens (tertiary/aromatic N) is 1. The van der Waals surface area contributed by atoms with E-state index in [2.05, 4.69) is 5.32 Å². The second-order valence-corrected chi connectivity index (χ2v) is 4.56. The first-order valence-corrected chi connectivity index (χ1v) is 6.23. The molecule has 0 aliphatic carbocycles. The number of aliphatic hydroxyl groups excluding tert-OH is 2. The number of carbonyl (C=O) groups excluding carboxylic acids is 2. The van der Waals surface area contributed by atoms with Crippen molar-refractivity contribution in [1.29, 1.82) is 0 Å². The quantitative estimate of drug-likeness (QED) is 0.346. The van der Waals surface area contributed by atoms with Crippen LogP contribution < -0.4 is 11.1 Å². The Hall–Kier alpha value is -1.71. The van der Waals surface area contributed by atoms with Crippen molar-refractivity contribution >= 4 is 17.8 Å². The molecular formula is C11H19N3O6. The molecule has 1 aliphatic rings. The van der Waals surface area contributed by atoms with Crippen molar-refractivity contribution in [1.82, 2.24) is 10.2 Å². The number of aliphatic carboxylic acids is 1. The van der Waals surface area contributed by atoms with Gasteiger partial charge >= 0.3 is 5.97 Å². The first-order chi connectivity index (χ1) is 9.42. The topological polar surface area (TPSA) is 153 Å². The molecule has 0 radical (unpaired) electrons. The minimum absolute atomic E-state index is 0.258. The Balaban J connectivity index is 2.72. The Morgan fingerprint density at radius 1 is 1.30 bits per heavy atom. The van der Waals surface area contributed by atoms with Gasteiger partial charge in [0.25, 0.3) is 0 Å². The molecule has 1 heterocycles. The van der Waals surface area contributed by atoms with Gasteiger partial charge in [-0.05, 0) is 12.8 Å². The Labute approximate surface area is 115 Å². The van der Waals surface area contributed by atoms with Crippen molar-refractivity contribution in [2.75, 3.05) is 19.8 Å². The van der Waals surface area contributed by atoms with Crippen LogP contribution in [0.3, 0.4) is 0 Å². The van der Waals surface area contributed by atoms with E-state index in [9.17, 15) is 19.5 Å². The molecule has 2 amide bonds. The molecule has 0 unspecified atom stereocenters. The van der Waals surface area contributed by atoms with Gasteiger partial charge in [0.05, 0.1) is 13.2 Å². The highest BCUT2D eigenvalue weighted by Gasteiger charge is 2.37. The van der Waals surface area contributed by atoms with E-state index in [1.54, 1.807) is 0 Å². The van der Waals surface area contributed by atoms with Crippen molar-refractivity contribution in [3.63, 3.8) is 0 Å². The van der Waals surface area contributed by atoms with Crippen LogP contribution in [0.2, 0.25) is 0 Å². The van der Waals surface area contributed by atoms with Crippen LogP contribution in [0.4, 0.5) is 0 Å². The molecule has 1 fully saturated rings. The standard InChI is InChI=1S/C11H19N3O6/c12-6(4-15)9(17)13-7(5-16)10(18)14-3-1-2-8(14)11(19)20/h6-8,15-16H,1-5,12H2,(H,13,17)(H,19,20)/t6-,7-,8-/m0/s1. The number of rotatable bonds is 6. The van der Waals surface area contributed by atoms with Gasteiger partial charge in [-0.25, -0.2) is 4.79 Å². The van der Waals surface area contributed by atoms with Gasteiger partial charge < -0.3 is 31.3 Å². The Kier molecular flexibility index (Phi) is 5.86. The van der Waals surface area contributed by atoms with E-state index in [0.29, 0.717) is 12.8 Å². The van der Waals surface area contributed by atoms with Crippen LogP contribution in [-0.4, -0.2) is 75.9 Å².